The van der Waals surface area contributed by atoms with Crippen LogP contribution in [0.15, 0.2) is 18.2 Å². The number of nitrogens with two attached hydrogens (primary N) is 1. The van der Waals surface area contributed by atoms with Gasteiger partial charge in [0.05, 0.1) is 13.2 Å². The number of benzene rings is 1. The van der Waals surface area contributed by atoms with Crippen LogP contribution >= 0.6 is 11.6 Å². The van der Waals surface area contributed by atoms with Gasteiger partial charge in [-0.05, 0) is 25.1 Å². The first-order valence-electron chi connectivity index (χ1n) is 6.71. The van der Waals surface area contributed by atoms with E-state index in [0.717, 1.165) is 55.6 Å². The molecule has 0 aliphatic carbocycles. The minimum atomic E-state index is 0.573. The monoisotopic (exact) mass is 284 g/mol. The molecule has 1 heterocycles. The topological polar surface area (TPSA) is 47.7 Å². The molecule has 106 valence electrons. The van der Waals surface area contributed by atoms with Gasteiger partial charge in [-0.2, -0.15) is 0 Å². The highest BCUT2D eigenvalue weighted by Crippen LogP contribution is 2.26. The molecule has 0 atom stereocenters. The van der Waals surface area contributed by atoms with Crippen LogP contribution in [0.4, 0.5) is 0 Å². The quantitative estimate of drug-likeness (QED) is 0.861. The van der Waals surface area contributed by atoms with Crippen LogP contribution in [0, 0.1) is 0 Å². The minimum absolute atomic E-state index is 0.573. The Labute approximate surface area is 119 Å². The highest BCUT2D eigenvalue weighted by Gasteiger charge is 2.11. The number of ether oxygens (including phenoxy) is 2. The van der Waals surface area contributed by atoms with Crippen LogP contribution < -0.4 is 10.5 Å². The van der Waals surface area contributed by atoms with E-state index in [-0.39, 0.29) is 0 Å². The Balaban J connectivity index is 1.86. The molecule has 2 N–H and O–H groups in total. The fraction of sp³-hybridized carbons (Fsp3) is 0.571. The van der Waals surface area contributed by atoms with Crippen LogP contribution in [0.2, 0.25) is 5.02 Å². The fourth-order valence-electron chi connectivity index (χ4n) is 2.17. The van der Waals surface area contributed by atoms with Crippen molar-refractivity contribution in [3.63, 3.8) is 0 Å². The van der Waals surface area contributed by atoms with E-state index >= 15 is 0 Å². The summed E-state index contributed by atoms with van der Waals surface area (Å²) in [6.45, 7) is 5.74. The zero-order valence-corrected chi connectivity index (χ0v) is 11.9. The van der Waals surface area contributed by atoms with E-state index in [1.165, 1.54) is 0 Å². The molecule has 1 saturated heterocycles. The van der Waals surface area contributed by atoms with Crippen LogP contribution in [0.25, 0.3) is 0 Å². The maximum absolute atomic E-state index is 6.17. The van der Waals surface area contributed by atoms with E-state index in [2.05, 4.69) is 4.90 Å². The van der Waals surface area contributed by atoms with Crippen LogP contribution in [0.3, 0.4) is 0 Å². The molecule has 0 spiro atoms. The largest absolute Gasteiger partial charge is 0.492 e. The number of rotatable bonds is 6. The lowest BCUT2D eigenvalue weighted by Crippen LogP contribution is -2.38. The van der Waals surface area contributed by atoms with Crippen molar-refractivity contribution in [1.29, 1.82) is 0 Å². The van der Waals surface area contributed by atoms with Crippen LogP contribution in [0.5, 0.6) is 5.75 Å². The number of nitrogens with zero attached hydrogens (tertiary/aromatic N) is 1. The normalized spacial score (nSPS) is 16.5. The number of halogens is 1. The van der Waals surface area contributed by atoms with Gasteiger partial charge in [0, 0.05) is 30.2 Å². The van der Waals surface area contributed by atoms with Crippen LogP contribution in [0.1, 0.15) is 5.56 Å². The summed E-state index contributed by atoms with van der Waals surface area (Å²) >= 11 is 6.17. The molecule has 0 saturated carbocycles. The Bertz CT molecular complexity index is 395. The Morgan fingerprint density at radius 1 is 1.32 bits per heavy atom. The Kier molecular flexibility index (Phi) is 5.92. The van der Waals surface area contributed by atoms with Crippen molar-refractivity contribution in [2.45, 2.75) is 6.42 Å². The first-order valence-corrected chi connectivity index (χ1v) is 7.09. The number of hydrogen-bond acceptors (Lipinski definition) is 4. The van der Waals surface area contributed by atoms with E-state index < -0.39 is 0 Å². The molecule has 2 rings (SSSR count). The predicted molar refractivity (Wildman–Crippen MR) is 77.0 cm³/mol. The van der Waals surface area contributed by atoms with E-state index in [9.17, 15) is 0 Å². The average Bonchev–Trinajstić information content (AvgIpc) is 2.44. The molecule has 5 heteroatoms. The van der Waals surface area contributed by atoms with Crippen molar-refractivity contribution >= 4 is 11.6 Å². The summed E-state index contributed by atoms with van der Waals surface area (Å²) in [5.41, 5.74) is 6.62. The summed E-state index contributed by atoms with van der Waals surface area (Å²) in [6, 6.07) is 5.74. The molecular formula is C14H21ClN2O2. The van der Waals surface area contributed by atoms with Crippen LogP contribution in [-0.2, 0) is 11.2 Å². The molecule has 0 aromatic heterocycles. The summed E-state index contributed by atoms with van der Waals surface area (Å²) in [4.78, 5) is 2.34. The number of morpholine rings is 1. The second-order valence-corrected chi connectivity index (χ2v) is 4.96. The van der Waals surface area contributed by atoms with Crippen molar-refractivity contribution in [2.75, 3.05) is 46.0 Å². The van der Waals surface area contributed by atoms with Gasteiger partial charge < -0.3 is 15.2 Å². The van der Waals surface area contributed by atoms with Gasteiger partial charge >= 0.3 is 0 Å². The second kappa shape index (κ2) is 7.70. The smallest absolute Gasteiger partial charge is 0.124 e. The maximum Gasteiger partial charge on any atom is 0.124 e. The molecule has 1 aromatic carbocycles. The highest BCUT2D eigenvalue weighted by molar-refractivity contribution is 6.31. The van der Waals surface area contributed by atoms with Crippen molar-refractivity contribution in [3.05, 3.63) is 28.8 Å². The molecule has 1 aromatic rings. The maximum atomic E-state index is 6.17. The molecule has 0 radical (unpaired) electrons. The van der Waals surface area contributed by atoms with Gasteiger partial charge in [-0.25, -0.2) is 0 Å². The van der Waals surface area contributed by atoms with Crippen molar-refractivity contribution in [3.8, 4) is 5.75 Å². The van der Waals surface area contributed by atoms with Crippen LogP contribution in [-0.4, -0.2) is 50.9 Å². The minimum Gasteiger partial charge on any atom is -0.492 e. The van der Waals surface area contributed by atoms with Gasteiger partial charge in [0.1, 0.15) is 12.4 Å². The standard InChI is InChI=1S/C14H21ClN2O2/c15-13-2-1-3-14(12(13)4-5-16)19-11-8-17-6-9-18-10-7-17/h1-3H,4-11,16H2. The Hall–Kier alpha value is -0.810. The molecule has 1 aliphatic heterocycles. The summed E-state index contributed by atoms with van der Waals surface area (Å²) in [7, 11) is 0. The van der Waals surface area contributed by atoms with E-state index in [1.54, 1.807) is 0 Å². The molecule has 1 aliphatic rings. The predicted octanol–water partition coefficient (Wildman–Crippen LogP) is 1.55. The number of hydrogen-bond donors (Lipinski definition) is 1. The average molecular weight is 285 g/mol. The first-order chi connectivity index (χ1) is 9.31. The lowest BCUT2D eigenvalue weighted by atomic mass is 10.1. The lowest BCUT2D eigenvalue weighted by molar-refractivity contribution is 0.0322. The third-order valence-corrected chi connectivity index (χ3v) is 3.59. The molecule has 0 bridgehead atoms. The van der Waals surface area contributed by atoms with Crippen molar-refractivity contribution in [1.82, 2.24) is 4.90 Å². The van der Waals surface area contributed by atoms with Gasteiger partial charge in [-0.3, -0.25) is 4.90 Å². The van der Waals surface area contributed by atoms with Gasteiger partial charge in [0.25, 0.3) is 0 Å². The molecule has 19 heavy (non-hydrogen) atoms. The third-order valence-electron chi connectivity index (χ3n) is 3.24. The van der Waals surface area contributed by atoms with E-state index in [4.69, 9.17) is 26.8 Å². The van der Waals surface area contributed by atoms with E-state index in [0.29, 0.717) is 13.2 Å². The Morgan fingerprint density at radius 3 is 2.84 bits per heavy atom. The molecule has 0 amide bonds. The summed E-state index contributed by atoms with van der Waals surface area (Å²) in [5, 5.41) is 0.731. The van der Waals surface area contributed by atoms with Gasteiger partial charge in [-0.15, -0.1) is 0 Å². The molecular weight excluding hydrogens is 264 g/mol. The first kappa shape index (κ1) is 14.6. The summed E-state index contributed by atoms with van der Waals surface area (Å²) < 4.78 is 11.2. The van der Waals surface area contributed by atoms with Crippen molar-refractivity contribution < 1.29 is 9.47 Å². The molecule has 0 unspecified atom stereocenters. The van der Waals surface area contributed by atoms with E-state index in [1.807, 2.05) is 18.2 Å². The Morgan fingerprint density at radius 2 is 2.11 bits per heavy atom. The third kappa shape index (κ3) is 4.35. The second-order valence-electron chi connectivity index (χ2n) is 4.56. The zero-order valence-electron chi connectivity index (χ0n) is 11.1. The van der Waals surface area contributed by atoms with Gasteiger partial charge in [0.15, 0.2) is 0 Å². The SMILES string of the molecule is NCCc1c(Cl)cccc1OCCN1CCOCC1. The van der Waals surface area contributed by atoms with Crippen molar-refractivity contribution in [2.24, 2.45) is 5.73 Å². The molecule has 4 nitrogen and oxygen atoms in total. The van der Waals surface area contributed by atoms with Gasteiger partial charge in [-0.1, -0.05) is 17.7 Å². The zero-order chi connectivity index (χ0) is 13.5. The molecule has 1 fully saturated rings. The summed E-state index contributed by atoms with van der Waals surface area (Å²) in [5.74, 6) is 0.853. The fourth-order valence-corrected chi connectivity index (χ4v) is 2.43. The summed E-state index contributed by atoms with van der Waals surface area (Å²) in [6.07, 6.45) is 0.743. The highest BCUT2D eigenvalue weighted by atomic mass is 35.5. The lowest BCUT2D eigenvalue weighted by Gasteiger charge is -2.26. The van der Waals surface area contributed by atoms with Gasteiger partial charge in [0.2, 0.25) is 0 Å².